The molecule has 2 aromatic carbocycles. The van der Waals surface area contributed by atoms with Crippen LogP contribution < -0.4 is 10.6 Å². The van der Waals surface area contributed by atoms with Crippen molar-refractivity contribution in [1.82, 2.24) is 20.8 Å². The van der Waals surface area contributed by atoms with Gasteiger partial charge in [-0.15, -0.1) is 0 Å². The van der Waals surface area contributed by atoms with Crippen molar-refractivity contribution in [2.45, 2.75) is 104 Å². The lowest BCUT2D eigenvalue weighted by atomic mass is 9.58. The highest BCUT2D eigenvalue weighted by Gasteiger charge is 2.42. The van der Waals surface area contributed by atoms with Crippen LogP contribution in [0.4, 0.5) is 9.59 Å². The summed E-state index contributed by atoms with van der Waals surface area (Å²) in [5, 5.41) is 10.2. The second-order valence-corrected chi connectivity index (χ2v) is 15.3. The largest absolute Gasteiger partial charge is 0.449 e. The summed E-state index contributed by atoms with van der Waals surface area (Å²) in [4.78, 5) is 30.3. The average Bonchev–Trinajstić information content (AvgIpc) is 3.62. The summed E-state index contributed by atoms with van der Waals surface area (Å²) in [6.45, 7) is 10.8. The lowest BCUT2D eigenvalue weighted by Crippen LogP contribution is -2.37. The smallest absolute Gasteiger partial charge is 0.407 e. The van der Waals surface area contributed by atoms with Gasteiger partial charge in [-0.1, -0.05) is 72.3 Å². The summed E-state index contributed by atoms with van der Waals surface area (Å²) in [7, 11) is 0. The van der Waals surface area contributed by atoms with Crippen LogP contribution in [0.5, 0.6) is 0 Å². The molecule has 3 aliphatic rings. The SMILES string of the molecule is CC1=CCC2(Cc3noc(C(CCCCNC(=O)OC(C)(C)C)NC(=O)OCC4c5ccccc5-c5ccccc54)n3)CC(C)CC1C2. The third-order valence-corrected chi connectivity index (χ3v) is 10.2. The molecule has 4 unspecified atom stereocenters. The van der Waals surface area contributed by atoms with Crippen molar-refractivity contribution < 1.29 is 23.6 Å². The molecular weight excluding hydrogens is 604 g/mol. The van der Waals surface area contributed by atoms with E-state index in [4.69, 9.17) is 19.0 Å². The van der Waals surface area contributed by atoms with Gasteiger partial charge in [0, 0.05) is 18.9 Å². The number of hydrogen-bond donors (Lipinski definition) is 2. The monoisotopic (exact) mass is 654 g/mol. The molecule has 0 spiro atoms. The van der Waals surface area contributed by atoms with Gasteiger partial charge in [0.1, 0.15) is 18.2 Å². The molecule has 2 N–H and O–H groups in total. The van der Waals surface area contributed by atoms with Crippen molar-refractivity contribution >= 4 is 12.2 Å². The number of nitrogens with zero attached hydrogens (tertiary/aromatic N) is 2. The average molecular weight is 655 g/mol. The molecule has 1 aromatic heterocycles. The highest BCUT2D eigenvalue weighted by molar-refractivity contribution is 5.79. The van der Waals surface area contributed by atoms with E-state index in [0.717, 1.165) is 36.8 Å². The fourth-order valence-electron chi connectivity index (χ4n) is 8.11. The van der Waals surface area contributed by atoms with Crippen LogP contribution in [0.25, 0.3) is 11.1 Å². The minimum absolute atomic E-state index is 0.0373. The number of rotatable bonds is 11. The van der Waals surface area contributed by atoms with Crippen LogP contribution in [0.1, 0.15) is 114 Å². The molecule has 1 fully saturated rings. The Morgan fingerprint density at radius 1 is 1.02 bits per heavy atom. The maximum atomic E-state index is 13.3. The Morgan fingerprint density at radius 3 is 2.44 bits per heavy atom. The number of hydrogen-bond acceptors (Lipinski definition) is 7. The fraction of sp³-hybridized carbons (Fsp3) is 0.538. The molecule has 0 radical (unpaired) electrons. The van der Waals surface area contributed by atoms with E-state index in [9.17, 15) is 9.59 Å². The molecule has 3 aliphatic carbocycles. The Kier molecular flexibility index (Phi) is 9.95. The molecule has 0 aliphatic heterocycles. The van der Waals surface area contributed by atoms with Crippen molar-refractivity contribution in [2.24, 2.45) is 17.3 Å². The van der Waals surface area contributed by atoms with E-state index in [1.165, 1.54) is 23.1 Å². The van der Waals surface area contributed by atoms with Gasteiger partial charge < -0.3 is 24.6 Å². The molecule has 6 rings (SSSR count). The highest BCUT2D eigenvalue weighted by Crippen LogP contribution is 2.52. The molecule has 256 valence electrons. The first-order valence-corrected chi connectivity index (χ1v) is 17.6. The van der Waals surface area contributed by atoms with Gasteiger partial charge >= 0.3 is 12.2 Å². The highest BCUT2D eigenvalue weighted by atomic mass is 16.6. The lowest BCUT2D eigenvalue weighted by molar-refractivity contribution is 0.0526. The maximum absolute atomic E-state index is 13.3. The number of amides is 2. The number of carbonyl (C=O) groups excluding carboxylic acids is 2. The number of alkyl carbamates (subject to hydrolysis) is 2. The molecule has 1 heterocycles. The van der Waals surface area contributed by atoms with Crippen molar-refractivity contribution in [3.05, 3.63) is 83.0 Å². The van der Waals surface area contributed by atoms with Crippen LogP contribution in [-0.4, -0.2) is 41.1 Å². The third-order valence-electron chi connectivity index (χ3n) is 10.2. The van der Waals surface area contributed by atoms with Crippen LogP contribution in [0.15, 0.2) is 64.7 Å². The van der Waals surface area contributed by atoms with Gasteiger partial charge in [0.25, 0.3) is 0 Å². The van der Waals surface area contributed by atoms with Gasteiger partial charge in [0.05, 0.1) is 0 Å². The number of unbranched alkanes of at least 4 members (excludes halogenated alkanes) is 1. The van der Waals surface area contributed by atoms with Crippen molar-refractivity contribution in [1.29, 1.82) is 0 Å². The Labute approximate surface area is 284 Å². The molecule has 2 amide bonds. The molecule has 3 aromatic rings. The predicted molar refractivity (Wildman–Crippen MR) is 184 cm³/mol. The van der Waals surface area contributed by atoms with Gasteiger partial charge in [0.2, 0.25) is 5.89 Å². The zero-order valence-electron chi connectivity index (χ0n) is 29.0. The van der Waals surface area contributed by atoms with Crippen LogP contribution in [0.2, 0.25) is 0 Å². The van der Waals surface area contributed by atoms with Crippen LogP contribution >= 0.6 is 0 Å². The summed E-state index contributed by atoms with van der Waals surface area (Å²) < 4.78 is 17.1. The van der Waals surface area contributed by atoms with Gasteiger partial charge in [-0.2, -0.15) is 4.98 Å². The van der Waals surface area contributed by atoms with Crippen molar-refractivity contribution in [3.63, 3.8) is 0 Å². The quantitative estimate of drug-likeness (QED) is 0.157. The standard InChI is InChI=1S/C39H50N4O5/c1-25-20-27-22-39(21-25,18-17-26(27)2)23-34-42-35(48-43-34)33(16-10-11-19-40-36(44)47-38(3,4)5)41-37(45)46-24-32-30-14-8-6-12-28(30)29-13-7-9-15-31(29)32/h6-9,12-15,17,25,27,32-33H,10-11,16,18-24H2,1-5H3,(H,40,44)(H,41,45). The minimum atomic E-state index is -0.555. The van der Waals surface area contributed by atoms with E-state index < -0.39 is 23.8 Å². The summed E-state index contributed by atoms with van der Waals surface area (Å²) in [6, 6.07) is 16.1. The first-order chi connectivity index (χ1) is 23.0. The van der Waals surface area contributed by atoms with Crippen LogP contribution in [-0.2, 0) is 15.9 Å². The van der Waals surface area contributed by atoms with Crippen LogP contribution in [0.3, 0.4) is 0 Å². The molecule has 9 heteroatoms. The van der Waals surface area contributed by atoms with Gasteiger partial charge in [-0.25, -0.2) is 9.59 Å². The molecule has 4 atom stereocenters. The first kappa shape index (κ1) is 33.7. The second-order valence-electron chi connectivity index (χ2n) is 15.3. The number of allylic oxidation sites excluding steroid dienone is 2. The third kappa shape index (κ3) is 7.93. The number of ether oxygens (including phenoxy) is 2. The number of carbonyl (C=O) groups is 2. The van der Waals surface area contributed by atoms with E-state index in [1.54, 1.807) is 0 Å². The maximum Gasteiger partial charge on any atom is 0.407 e. The number of aromatic nitrogens is 2. The zero-order valence-corrected chi connectivity index (χ0v) is 29.0. The Morgan fingerprint density at radius 2 is 1.73 bits per heavy atom. The van der Waals surface area contributed by atoms with E-state index in [-0.39, 0.29) is 17.9 Å². The predicted octanol–water partition coefficient (Wildman–Crippen LogP) is 8.66. The Balaban J connectivity index is 1.11. The molecule has 2 bridgehead atoms. The number of fused-ring (bicyclic) bond motifs is 5. The van der Waals surface area contributed by atoms with E-state index >= 15 is 0 Å². The topological polar surface area (TPSA) is 116 Å². The van der Waals surface area contributed by atoms with Gasteiger partial charge in [-0.05, 0) is 112 Å². The summed E-state index contributed by atoms with van der Waals surface area (Å²) in [5.41, 5.74) is 5.79. The zero-order chi connectivity index (χ0) is 33.9. The minimum Gasteiger partial charge on any atom is -0.449 e. The van der Waals surface area contributed by atoms with Gasteiger partial charge in [-0.3, -0.25) is 0 Å². The summed E-state index contributed by atoms with van der Waals surface area (Å²) in [6.07, 6.45) is 8.75. The first-order valence-electron chi connectivity index (χ1n) is 17.6. The van der Waals surface area contributed by atoms with E-state index in [0.29, 0.717) is 49.4 Å². The van der Waals surface area contributed by atoms with E-state index in [1.807, 2.05) is 45.0 Å². The van der Waals surface area contributed by atoms with Gasteiger partial charge in [0.15, 0.2) is 5.82 Å². The number of benzene rings is 2. The Bertz CT molecular complexity index is 1600. The molecule has 9 nitrogen and oxygen atoms in total. The normalized spacial score (nSPS) is 22.2. The van der Waals surface area contributed by atoms with Crippen LogP contribution in [0, 0.1) is 17.3 Å². The molecule has 0 saturated heterocycles. The van der Waals surface area contributed by atoms with Crippen molar-refractivity contribution in [3.8, 4) is 11.1 Å². The number of nitrogens with one attached hydrogen (secondary N) is 2. The second kappa shape index (κ2) is 14.1. The summed E-state index contributed by atoms with van der Waals surface area (Å²) >= 11 is 0. The van der Waals surface area contributed by atoms with Crippen molar-refractivity contribution in [2.75, 3.05) is 13.2 Å². The molecule has 1 saturated carbocycles. The molecular formula is C39H50N4O5. The molecule has 48 heavy (non-hydrogen) atoms. The summed E-state index contributed by atoms with van der Waals surface area (Å²) in [5.74, 6) is 2.33. The fourth-order valence-corrected chi connectivity index (χ4v) is 8.11. The van der Waals surface area contributed by atoms with E-state index in [2.05, 4.69) is 60.0 Å². The lowest BCUT2D eigenvalue weighted by Gasteiger charge is -2.46. The Hall–Kier alpha value is -4.14.